The molecule has 0 amide bonds. The monoisotopic (exact) mass is 264 g/mol. The van der Waals surface area contributed by atoms with Gasteiger partial charge in [0.25, 0.3) is 0 Å². The number of aromatic nitrogens is 1. The maximum absolute atomic E-state index is 11.2. The van der Waals surface area contributed by atoms with Crippen LogP contribution in [0.5, 0.6) is 0 Å². The number of hydrogen-bond donors (Lipinski definition) is 1. The average Bonchev–Trinajstić information content (AvgIpc) is 2.85. The van der Waals surface area contributed by atoms with Crippen molar-refractivity contribution in [2.75, 3.05) is 13.7 Å². The summed E-state index contributed by atoms with van der Waals surface area (Å²) in [5.74, 6) is -0.146. The summed E-state index contributed by atoms with van der Waals surface area (Å²) in [4.78, 5) is 11.2. The van der Waals surface area contributed by atoms with E-state index in [1.165, 1.54) is 31.1 Å². The van der Waals surface area contributed by atoms with Gasteiger partial charge in [-0.15, -0.1) is 0 Å². The van der Waals surface area contributed by atoms with Gasteiger partial charge in [0.2, 0.25) is 0 Å². The van der Waals surface area contributed by atoms with Gasteiger partial charge in [-0.1, -0.05) is 6.92 Å². The molecule has 1 aliphatic carbocycles. The molecular formula is C15H24N2O2. The van der Waals surface area contributed by atoms with Gasteiger partial charge in [0, 0.05) is 25.0 Å². The lowest BCUT2D eigenvalue weighted by molar-refractivity contribution is -0.140. The Bertz CT molecular complexity index is 426. The molecule has 19 heavy (non-hydrogen) atoms. The number of nitrogens with zero attached hydrogens (tertiary/aromatic N) is 1. The van der Waals surface area contributed by atoms with Gasteiger partial charge in [-0.3, -0.25) is 4.79 Å². The predicted molar refractivity (Wildman–Crippen MR) is 75.0 cm³/mol. The first kappa shape index (κ1) is 14.1. The van der Waals surface area contributed by atoms with Crippen LogP contribution < -0.4 is 5.32 Å². The number of fused-ring (bicyclic) bond motifs is 1. The van der Waals surface area contributed by atoms with Crippen molar-refractivity contribution in [3.05, 3.63) is 23.5 Å². The van der Waals surface area contributed by atoms with Crippen molar-refractivity contribution in [2.45, 2.75) is 51.6 Å². The Kier molecular flexibility index (Phi) is 5.02. The lowest BCUT2D eigenvalue weighted by Crippen LogP contribution is -2.24. The third-order valence-electron chi connectivity index (χ3n) is 3.75. The molecule has 0 spiro atoms. The molecule has 1 N–H and O–H groups in total. The number of methoxy groups -OCH3 is 1. The highest BCUT2D eigenvalue weighted by Gasteiger charge is 2.21. The molecule has 4 nitrogen and oxygen atoms in total. The summed E-state index contributed by atoms with van der Waals surface area (Å²) in [6, 6.07) is 0.489. The van der Waals surface area contributed by atoms with Crippen LogP contribution in [0.4, 0.5) is 0 Å². The van der Waals surface area contributed by atoms with Crippen LogP contribution in [0, 0.1) is 0 Å². The van der Waals surface area contributed by atoms with Crippen LogP contribution in [-0.2, 0) is 22.5 Å². The van der Waals surface area contributed by atoms with Gasteiger partial charge in [0.1, 0.15) is 0 Å². The number of rotatable bonds is 6. The zero-order chi connectivity index (χ0) is 13.7. The molecule has 0 aliphatic heterocycles. The number of carbonyl (C=O) groups excluding carboxylic acids is 1. The van der Waals surface area contributed by atoms with Crippen molar-refractivity contribution >= 4 is 5.97 Å². The van der Waals surface area contributed by atoms with E-state index in [4.69, 9.17) is 0 Å². The molecule has 1 aliphatic rings. The van der Waals surface area contributed by atoms with Gasteiger partial charge in [0.05, 0.1) is 13.5 Å². The van der Waals surface area contributed by atoms with Gasteiger partial charge < -0.3 is 14.6 Å². The van der Waals surface area contributed by atoms with Crippen molar-refractivity contribution in [3.8, 4) is 0 Å². The molecule has 1 aromatic rings. The lowest BCUT2D eigenvalue weighted by atomic mass is 9.91. The van der Waals surface area contributed by atoms with E-state index < -0.39 is 0 Å². The van der Waals surface area contributed by atoms with E-state index in [0.29, 0.717) is 19.0 Å². The summed E-state index contributed by atoms with van der Waals surface area (Å²) >= 11 is 0. The first-order chi connectivity index (χ1) is 9.24. The summed E-state index contributed by atoms with van der Waals surface area (Å²) in [7, 11) is 1.44. The van der Waals surface area contributed by atoms with Gasteiger partial charge in [-0.2, -0.15) is 0 Å². The fourth-order valence-corrected chi connectivity index (χ4v) is 2.73. The first-order valence-corrected chi connectivity index (χ1v) is 7.23. The maximum Gasteiger partial charge on any atom is 0.307 e. The molecule has 0 saturated carbocycles. The van der Waals surface area contributed by atoms with Crippen LogP contribution in [0.15, 0.2) is 12.4 Å². The van der Waals surface area contributed by atoms with Crippen molar-refractivity contribution < 1.29 is 9.53 Å². The molecule has 0 bridgehead atoms. The van der Waals surface area contributed by atoms with E-state index in [1.807, 2.05) is 0 Å². The minimum Gasteiger partial charge on any atom is -0.469 e. The Morgan fingerprint density at radius 3 is 3.11 bits per heavy atom. The summed E-state index contributed by atoms with van der Waals surface area (Å²) in [5.41, 5.74) is 2.86. The van der Waals surface area contributed by atoms with Crippen molar-refractivity contribution in [2.24, 2.45) is 0 Å². The minimum atomic E-state index is -0.146. The van der Waals surface area contributed by atoms with E-state index in [9.17, 15) is 4.79 Å². The summed E-state index contributed by atoms with van der Waals surface area (Å²) in [6.45, 7) is 3.97. The van der Waals surface area contributed by atoms with Crippen molar-refractivity contribution in [3.63, 3.8) is 0 Å². The van der Waals surface area contributed by atoms with E-state index in [2.05, 4.69) is 33.9 Å². The maximum atomic E-state index is 11.2. The predicted octanol–water partition coefficient (Wildman–Crippen LogP) is 2.43. The molecule has 1 unspecified atom stereocenters. The second-order valence-corrected chi connectivity index (χ2v) is 5.20. The van der Waals surface area contributed by atoms with Crippen LogP contribution in [0.1, 0.15) is 49.8 Å². The zero-order valence-electron chi connectivity index (χ0n) is 11.9. The highest BCUT2D eigenvalue weighted by Crippen LogP contribution is 2.30. The Balaban J connectivity index is 2.01. The SMILES string of the molecule is CCCNC1CCCc2cn(CCC(=O)OC)cc21. The summed E-state index contributed by atoms with van der Waals surface area (Å²) < 4.78 is 6.82. The second kappa shape index (κ2) is 6.75. The molecule has 0 radical (unpaired) electrons. The number of carbonyl (C=O) groups is 1. The van der Waals surface area contributed by atoms with Gasteiger partial charge >= 0.3 is 5.97 Å². The van der Waals surface area contributed by atoms with Crippen molar-refractivity contribution in [1.29, 1.82) is 0 Å². The fraction of sp³-hybridized carbons (Fsp3) is 0.667. The minimum absolute atomic E-state index is 0.146. The summed E-state index contributed by atoms with van der Waals surface area (Å²) in [6.07, 6.45) is 9.61. The van der Waals surface area contributed by atoms with Crippen LogP contribution >= 0.6 is 0 Å². The topological polar surface area (TPSA) is 43.3 Å². The number of aryl methyl sites for hydroxylation is 2. The molecule has 106 valence electrons. The Morgan fingerprint density at radius 2 is 2.37 bits per heavy atom. The first-order valence-electron chi connectivity index (χ1n) is 7.23. The molecule has 1 heterocycles. The Morgan fingerprint density at radius 1 is 1.53 bits per heavy atom. The number of nitrogens with one attached hydrogen (secondary N) is 1. The third-order valence-corrected chi connectivity index (χ3v) is 3.75. The van der Waals surface area contributed by atoms with Crippen LogP contribution in [0.3, 0.4) is 0 Å². The number of hydrogen-bond acceptors (Lipinski definition) is 3. The highest BCUT2D eigenvalue weighted by atomic mass is 16.5. The van der Waals surface area contributed by atoms with Gasteiger partial charge in [-0.25, -0.2) is 0 Å². The third kappa shape index (κ3) is 3.60. The van der Waals surface area contributed by atoms with E-state index in [1.54, 1.807) is 0 Å². The lowest BCUT2D eigenvalue weighted by Gasteiger charge is -2.23. The molecule has 4 heteroatoms. The quantitative estimate of drug-likeness (QED) is 0.802. The number of esters is 1. The normalized spacial score (nSPS) is 18.1. The standard InChI is InChI=1S/C15H24N2O2/c1-3-8-16-14-6-4-5-12-10-17(11-13(12)14)9-7-15(18)19-2/h10-11,14,16H,3-9H2,1-2H3. The Hall–Kier alpha value is -1.29. The molecule has 1 atom stereocenters. The van der Waals surface area contributed by atoms with Crippen LogP contribution in [0.25, 0.3) is 0 Å². The molecular weight excluding hydrogens is 240 g/mol. The Labute approximate surface area is 115 Å². The molecule has 1 aromatic heterocycles. The largest absolute Gasteiger partial charge is 0.469 e. The van der Waals surface area contributed by atoms with E-state index in [0.717, 1.165) is 19.4 Å². The van der Waals surface area contributed by atoms with Gasteiger partial charge in [0.15, 0.2) is 0 Å². The van der Waals surface area contributed by atoms with Crippen molar-refractivity contribution in [1.82, 2.24) is 9.88 Å². The second-order valence-electron chi connectivity index (χ2n) is 5.20. The average molecular weight is 264 g/mol. The molecule has 0 fully saturated rings. The smallest absolute Gasteiger partial charge is 0.307 e. The van der Waals surface area contributed by atoms with Gasteiger partial charge in [-0.05, 0) is 43.4 Å². The van der Waals surface area contributed by atoms with Crippen LogP contribution in [0.2, 0.25) is 0 Å². The number of ether oxygens (including phenoxy) is 1. The van der Waals surface area contributed by atoms with Crippen LogP contribution in [-0.4, -0.2) is 24.2 Å². The zero-order valence-corrected chi connectivity index (χ0v) is 11.9. The molecule has 0 saturated heterocycles. The fourth-order valence-electron chi connectivity index (χ4n) is 2.73. The molecule has 2 rings (SSSR count). The summed E-state index contributed by atoms with van der Waals surface area (Å²) in [5, 5.41) is 3.61. The highest BCUT2D eigenvalue weighted by molar-refractivity contribution is 5.69. The molecule has 0 aromatic carbocycles. The van der Waals surface area contributed by atoms with E-state index >= 15 is 0 Å². The van der Waals surface area contributed by atoms with E-state index in [-0.39, 0.29) is 5.97 Å².